The lowest BCUT2D eigenvalue weighted by molar-refractivity contribution is 0.0938. The Bertz CT molecular complexity index is 626. The van der Waals surface area contributed by atoms with Crippen molar-refractivity contribution in [1.29, 1.82) is 0 Å². The van der Waals surface area contributed by atoms with Crippen LogP contribution in [-0.4, -0.2) is 22.0 Å². The van der Waals surface area contributed by atoms with Crippen LogP contribution in [0, 0.1) is 0 Å². The van der Waals surface area contributed by atoms with Gasteiger partial charge in [0, 0.05) is 24.3 Å². The maximum absolute atomic E-state index is 12.2. The summed E-state index contributed by atoms with van der Waals surface area (Å²) >= 11 is 0. The standard InChI is InChI=1S/C17H21N3O2/c1-12(2-3-13-4-6-16(21)7-5-13)20-17(22)14-8-9-19-15(10-14)11-18/h4-10,12,21H,2-3,11,18H2,1H3,(H,20,22). The molecule has 1 amide bonds. The third-order valence-corrected chi connectivity index (χ3v) is 3.47. The van der Waals surface area contributed by atoms with Gasteiger partial charge < -0.3 is 16.2 Å². The zero-order valence-corrected chi connectivity index (χ0v) is 12.6. The number of carbonyl (C=O) groups is 1. The van der Waals surface area contributed by atoms with Gasteiger partial charge in [0.2, 0.25) is 0 Å². The van der Waals surface area contributed by atoms with Gasteiger partial charge in [-0.3, -0.25) is 9.78 Å². The molecule has 0 aliphatic rings. The number of aromatic hydroxyl groups is 1. The van der Waals surface area contributed by atoms with Crippen LogP contribution >= 0.6 is 0 Å². The maximum Gasteiger partial charge on any atom is 0.251 e. The Morgan fingerprint density at radius 1 is 1.32 bits per heavy atom. The van der Waals surface area contributed by atoms with Crippen LogP contribution in [0.2, 0.25) is 0 Å². The van der Waals surface area contributed by atoms with E-state index in [1.807, 2.05) is 19.1 Å². The van der Waals surface area contributed by atoms with Crippen LogP contribution in [0.5, 0.6) is 5.75 Å². The largest absolute Gasteiger partial charge is 0.508 e. The fraction of sp³-hybridized carbons (Fsp3) is 0.294. The Hall–Kier alpha value is -2.40. The molecule has 2 rings (SSSR count). The molecule has 0 fully saturated rings. The van der Waals surface area contributed by atoms with Gasteiger partial charge in [0.15, 0.2) is 0 Å². The van der Waals surface area contributed by atoms with Crippen molar-refractivity contribution in [3.8, 4) is 5.75 Å². The van der Waals surface area contributed by atoms with Gasteiger partial charge >= 0.3 is 0 Å². The lowest BCUT2D eigenvalue weighted by Gasteiger charge is -2.14. The van der Waals surface area contributed by atoms with Crippen LogP contribution < -0.4 is 11.1 Å². The number of aryl methyl sites for hydroxylation is 1. The molecule has 0 saturated heterocycles. The van der Waals surface area contributed by atoms with Gasteiger partial charge in [-0.2, -0.15) is 0 Å². The van der Waals surface area contributed by atoms with E-state index >= 15 is 0 Å². The van der Waals surface area contributed by atoms with E-state index in [0.29, 0.717) is 17.8 Å². The van der Waals surface area contributed by atoms with Crippen LogP contribution in [0.4, 0.5) is 0 Å². The predicted molar refractivity (Wildman–Crippen MR) is 85.5 cm³/mol. The molecule has 1 aromatic heterocycles. The Morgan fingerprint density at radius 2 is 2.05 bits per heavy atom. The van der Waals surface area contributed by atoms with Gasteiger partial charge in [-0.05, 0) is 49.6 Å². The third kappa shape index (κ3) is 4.56. The molecular weight excluding hydrogens is 278 g/mol. The molecule has 0 saturated carbocycles. The first-order chi connectivity index (χ1) is 10.6. The Labute approximate surface area is 130 Å². The van der Waals surface area contributed by atoms with Crippen LogP contribution in [0.1, 0.15) is 35.0 Å². The summed E-state index contributed by atoms with van der Waals surface area (Å²) in [5.74, 6) is 0.147. The number of aromatic nitrogens is 1. The fourth-order valence-electron chi connectivity index (χ4n) is 2.16. The third-order valence-electron chi connectivity index (χ3n) is 3.47. The smallest absolute Gasteiger partial charge is 0.251 e. The van der Waals surface area contributed by atoms with Gasteiger partial charge in [0.05, 0.1) is 5.69 Å². The van der Waals surface area contributed by atoms with Crippen LogP contribution in [-0.2, 0) is 13.0 Å². The van der Waals surface area contributed by atoms with Crippen molar-refractivity contribution in [1.82, 2.24) is 10.3 Å². The monoisotopic (exact) mass is 299 g/mol. The topological polar surface area (TPSA) is 88.2 Å². The molecule has 0 aliphatic carbocycles. The van der Waals surface area contributed by atoms with Gasteiger partial charge in [-0.25, -0.2) is 0 Å². The van der Waals surface area contributed by atoms with E-state index in [2.05, 4.69) is 10.3 Å². The molecule has 4 N–H and O–H groups in total. The second kappa shape index (κ2) is 7.56. The first-order valence-corrected chi connectivity index (χ1v) is 7.32. The van der Waals surface area contributed by atoms with Crippen molar-refractivity contribution in [2.45, 2.75) is 32.4 Å². The Kier molecular flexibility index (Phi) is 5.49. The SMILES string of the molecule is CC(CCc1ccc(O)cc1)NC(=O)c1ccnc(CN)c1. The van der Waals surface area contributed by atoms with E-state index in [4.69, 9.17) is 5.73 Å². The number of hydrogen-bond donors (Lipinski definition) is 3. The van der Waals surface area contributed by atoms with Crippen molar-refractivity contribution in [3.63, 3.8) is 0 Å². The first kappa shape index (κ1) is 16.0. The predicted octanol–water partition coefficient (Wildman–Crippen LogP) is 2.00. The van der Waals surface area contributed by atoms with E-state index in [1.54, 1.807) is 30.5 Å². The minimum absolute atomic E-state index is 0.0517. The lowest BCUT2D eigenvalue weighted by Crippen LogP contribution is -2.33. The highest BCUT2D eigenvalue weighted by molar-refractivity contribution is 5.94. The minimum Gasteiger partial charge on any atom is -0.508 e. The molecule has 0 aliphatic heterocycles. The molecule has 5 nitrogen and oxygen atoms in total. The molecule has 0 radical (unpaired) electrons. The van der Waals surface area contributed by atoms with E-state index in [1.165, 1.54) is 0 Å². The second-order valence-electron chi connectivity index (χ2n) is 5.32. The number of rotatable bonds is 6. The van der Waals surface area contributed by atoms with Crippen molar-refractivity contribution >= 4 is 5.91 Å². The van der Waals surface area contributed by atoms with Crippen molar-refractivity contribution in [2.24, 2.45) is 5.73 Å². The summed E-state index contributed by atoms with van der Waals surface area (Å²) in [7, 11) is 0. The number of nitrogens with two attached hydrogens (primary N) is 1. The fourth-order valence-corrected chi connectivity index (χ4v) is 2.16. The quantitative estimate of drug-likeness (QED) is 0.761. The molecular formula is C17H21N3O2. The summed E-state index contributed by atoms with van der Waals surface area (Å²) in [6, 6.07) is 10.6. The van der Waals surface area contributed by atoms with Gasteiger partial charge in [0.25, 0.3) is 5.91 Å². The molecule has 0 spiro atoms. The number of amides is 1. The van der Waals surface area contributed by atoms with Crippen molar-refractivity contribution in [3.05, 3.63) is 59.4 Å². The van der Waals surface area contributed by atoms with E-state index in [0.717, 1.165) is 18.4 Å². The molecule has 0 bridgehead atoms. The zero-order valence-electron chi connectivity index (χ0n) is 12.6. The molecule has 1 unspecified atom stereocenters. The number of phenolic OH excluding ortho intramolecular Hbond substituents is 1. The number of nitrogens with zero attached hydrogens (tertiary/aromatic N) is 1. The van der Waals surface area contributed by atoms with Crippen LogP contribution in [0.25, 0.3) is 0 Å². The highest BCUT2D eigenvalue weighted by Gasteiger charge is 2.10. The Balaban J connectivity index is 1.86. The number of pyridine rings is 1. The molecule has 116 valence electrons. The zero-order chi connectivity index (χ0) is 15.9. The highest BCUT2D eigenvalue weighted by Crippen LogP contribution is 2.12. The average Bonchev–Trinajstić information content (AvgIpc) is 2.54. The number of phenols is 1. The molecule has 5 heteroatoms. The Morgan fingerprint density at radius 3 is 2.73 bits per heavy atom. The van der Waals surface area contributed by atoms with E-state index in [9.17, 15) is 9.90 Å². The number of hydrogen-bond acceptors (Lipinski definition) is 4. The van der Waals surface area contributed by atoms with Crippen LogP contribution in [0.3, 0.4) is 0 Å². The van der Waals surface area contributed by atoms with E-state index < -0.39 is 0 Å². The van der Waals surface area contributed by atoms with Crippen molar-refractivity contribution in [2.75, 3.05) is 0 Å². The summed E-state index contributed by atoms with van der Waals surface area (Å²) in [4.78, 5) is 16.2. The van der Waals surface area contributed by atoms with Crippen molar-refractivity contribution < 1.29 is 9.90 Å². The maximum atomic E-state index is 12.2. The number of carbonyl (C=O) groups excluding carboxylic acids is 1. The highest BCUT2D eigenvalue weighted by atomic mass is 16.3. The van der Waals surface area contributed by atoms with Gasteiger partial charge in [0.1, 0.15) is 5.75 Å². The molecule has 1 heterocycles. The second-order valence-corrected chi connectivity index (χ2v) is 5.32. The van der Waals surface area contributed by atoms with E-state index in [-0.39, 0.29) is 17.7 Å². The number of benzene rings is 1. The van der Waals surface area contributed by atoms with Gasteiger partial charge in [-0.15, -0.1) is 0 Å². The normalized spacial score (nSPS) is 11.9. The van der Waals surface area contributed by atoms with Gasteiger partial charge in [-0.1, -0.05) is 12.1 Å². The lowest BCUT2D eigenvalue weighted by atomic mass is 10.1. The van der Waals surface area contributed by atoms with Crippen LogP contribution in [0.15, 0.2) is 42.6 Å². The summed E-state index contributed by atoms with van der Waals surface area (Å²) in [6.45, 7) is 2.29. The molecule has 1 aromatic carbocycles. The number of nitrogens with one attached hydrogen (secondary N) is 1. The first-order valence-electron chi connectivity index (χ1n) is 7.32. The molecule has 1 atom stereocenters. The minimum atomic E-state index is -0.115. The molecule has 2 aromatic rings. The average molecular weight is 299 g/mol. The summed E-state index contributed by atoms with van der Waals surface area (Å²) in [5, 5.41) is 12.2. The summed E-state index contributed by atoms with van der Waals surface area (Å²) < 4.78 is 0. The summed E-state index contributed by atoms with van der Waals surface area (Å²) in [5.41, 5.74) is 7.94. The summed E-state index contributed by atoms with van der Waals surface area (Å²) in [6.07, 6.45) is 3.26. The molecule has 22 heavy (non-hydrogen) atoms.